The highest BCUT2D eigenvalue weighted by atomic mass is 35.5. The van der Waals surface area contributed by atoms with Crippen molar-refractivity contribution in [2.24, 2.45) is 0 Å². The van der Waals surface area contributed by atoms with Crippen LogP contribution in [0.2, 0.25) is 5.02 Å². The molecule has 0 radical (unpaired) electrons. The van der Waals surface area contributed by atoms with Gasteiger partial charge >= 0.3 is 0 Å². The average Bonchev–Trinajstić information content (AvgIpc) is 3.26. The number of morpholine rings is 1. The molecule has 1 aliphatic rings. The number of rotatable bonds is 9. The van der Waals surface area contributed by atoms with Crippen molar-refractivity contribution in [2.45, 2.75) is 37.8 Å². The predicted octanol–water partition coefficient (Wildman–Crippen LogP) is 3.30. The number of aliphatic hydroxyl groups excluding tert-OH is 1. The minimum absolute atomic E-state index is 0.0281. The molecule has 0 saturated carbocycles. The number of fused-ring (bicyclic) bond motifs is 1. The maximum atomic E-state index is 13.7. The number of hydrogen-bond donors (Lipinski definition) is 1. The number of carbonyl (C=O) groups is 1. The molecule has 2 unspecified atom stereocenters. The third-order valence-corrected chi connectivity index (χ3v) is 6.41. The van der Waals surface area contributed by atoms with Gasteiger partial charge in [-0.25, -0.2) is 4.98 Å². The number of oxazole rings is 1. The number of amides is 1. The van der Waals surface area contributed by atoms with Gasteiger partial charge in [-0.2, -0.15) is 0 Å². The van der Waals surface area contributed by atoms with Gasteiger partial charge in [-0.1, -0.05) is 11.6 Å². The Labute approximate surface area is 209 Å². The molecule has 4 rings (SSSR count). The lowest BCUT2D eigenvalue weighted by Gasteiger charge is -2.45. The maximum absolute atomic E-state index is 13.7. The predicted molar refractivity (Wildman–Crippen MR) is 130 cm³/mol. The Bertz CT molecular complexity index is 1190. The summed E-state index contributed by atoms with van der Waals surface area (Å²) in [7, 11) is 3.12. The summed E-state index contributed by atoms with van der Waals surface area (Å²) < 4.78 is 22.8. The van der Waals surface area contributed by atoms with Gasteiger partial charge < -0.3 is 28.6 Å². The first-order valence-electron chi connectivity index (χ1n) is 11.5. The molecule has 9 nitrogen and oxygen atoms in total. The molecule has 1 N–H and O–H groups in total. The lowest BCUT2D eigenvalue weighted by molar-refractivity contribution is -0.130. The van der Waals surface area contributed by atoms with E-state index in [0.29, 0.717) is 72.3 Å². The summed E-state index contributed by atoms with van der Waals surface area (Å²) >= 11 is 6.05. The fraction of sp³-hybridized carbons (Fsp3) is 0.480. The first-order chi connectivity index (χ1) is 16.9. The van der Waals surface area contributed by atoms with Crippen LogP contribution in [0.1, 0.15) is 35.3 Å². The lowest BCUT2D eigenvalue weighted by Crippen LogP contribution is -2.58. The van der Waals surface area contributed by atoms with Crippen LogP contribution < -0.4 is 4.74 Å². The summed E-state index contributed by atoms with van der Waals surface area (Å²) in [5, 5.41) is 10.1. The van der Waals surface area contributed by atoms with Crippen LogP contribution in [0.5, 0.6) is 5.75 Å². The van der Waals surface area contributed by atoms with Crippen LogP contribution in [0.4, 0.5) is 0 Å². The number of pyridine rings is 1. The molecule has 1 amide bonds. The van der Waals surface area contributed by atoms with Crippen LogP contribution in [-0.4, -0.2) is 78.1 Å². The molecule has 2 atom stereocenters. The molecule has 0 bridgehead atoms. The molecule has 188 valence electrons. The minimum Gasteiger partial charge on any atom is -0.493 e. The number of benzene rings is 1. The number of nitrogens with zero attached hydrogens (tertiary/aromatic N) is 3. The molecule has 3 aromatic rings. The van der Waals surface area contributed by atoms with Crippen LogP contribution >= 0.6 is 11.6 Å². The summed E-state index contributed by atoms with van der Waals surface area (Å²) in [4.78, 5) is 24.3. The van der Waals surface area contributed by atoms with E-state index in [1.54, 1.807) is 36.4 Å². The Morgan fingerprint density at radius 1 is 1.31 bits per heavy atom. The molecule has 10 heteroatoms. The van der Waals surface area contributed by atoms with Crippen LogP contribution in [-0.2, 0) is 22.3 Å². The smallest absolute Gasteiger partial charge is 0.254 e. The van der Waals surface area contributed by atoms with Gasteiger partial charge in [-0.3, -0.25) is 9.78 Å². The highest BCUT2D eigenvalue weighted by molar-refractivity contribution is 6.30. The van der Waals surface area contributed by atoms with Crippen LogP contribution in [0.15, 0.2) is 34.9 Å². The summed E-state index contributed by atoms with van der Waals surface area (Å²) in [6.45, 7) is 2.86. The molecule has 1 aliphatic heterocycles. The van der Waals surface area contributed by atoms with Crippen molar-refractivity contribution in [1.82, 2.24) is 14.9 Å². The quantitative estimate of drug-likeness (QED) is 0.474. The zero-order valence-corrected chi connectivity index (χ0v) is 20.9. The van der Waals surface area contributed by atoms with Gasteiger partial charge in [0.05, 0.1) is 38.5 Å². The fourth-order valence-corrected chi connectivity index (χ4v) is 4.48. The molecular weight excluding hydrogens is 474 g/mol. The van der Waals surface area contributed by atoms with Crippen LogP contribution in [0, 0.1) is 0 Å². The number of hydrogen-bond acceptors (Lipinski definition) is 8. The van der Waals surface area contributed by atoms with Crippen molar-refractivity contribution >= 4 is 28.6 Å². The van der Waals surface area contributed by atoms with E-state index in [-0.39, 0.29) is 18.6 Å². The Balaban J connectivity index is 1.60. The third-order valence-electron chi connectivity index (χ3n) is 6.17. The Morgan fingerprint density at radius 2 is 2.14 bits per heavy atom. The van der Waals surface area contributed by atoms with E-state index in [1.807, 2.05) is 13.0 Å². The van der Waals surface area contributed by atoms with Gasteiger partial charge in [0.1, 0.15) is 5.52 Å². The van der Waals surface area contributed by atoms with E-state index in [4.69, 9.17) is 30.2 Å². The zero-order chi connectivity index (χ0) is 25.0. The lowest BCUT2D eigenvalue weighted by atomic mass is 9.97. The molecule has 1 aromatic carbocycles. The Kier molecular flexibility index (Phi) is 7.91. The SMILES string of the molecule is COCC1COC(C)(CCO)CN1C(=O)c1cc(OC)c2oc(CCc3cc(Cl)ccn3)nc2c1. The molecule has 3 heterocycles. The van der Waals surface area contributed by atoms with Gasteiger partial charge in [0, 0.05) is 49.0 Å². The second-order valence-electron chi connectivity index (χ2n) is 8.88. The number of aryl methyl sites for hydroxylation is 2. The highest BCUT2D eigenvalue weighted by Gasteiger charge is 2.39. The Hall–Kier alpha value is -2.72. The summed E-state index contributed by atoms with van der Waals surface area (Å²) in [5.74, 6) is 0.761. The van der Waals surface area contributed by atoms with E-state index in [0.717, 1.165) is 5.69 Å². The summed E-state index contributed by atoms with van der Waals surface area (Å²) in [5.41, 5.74) is 1.65. The van der Waals surface area contributed by atoms with Gasteiger partial charge in [-0.05, 0) is 37.6 Å². The highest BCUT2D eigenvalue weighted by Crippen LogP contribution is 2.31. The zero-order valence-electron chi connectivity index (χ0n) is 20.1. The molecule has 1 fully saturated rings. The molecule has 1 saturated heterocycles. The number of methoxy groups -OCH3 is 2. The average molecular weight is 504 g/mol. The van der Waals surface area contributed by atoms with Crippen molar-refractivity contribution in [2.75, 3.05) is 40.6 Å². The molecule has 0 aliphatic carbocycles. The van der Waals surface area contributed by atoms with Gasteiger partial charge in [-0.15, -0.1) is 0 Å². The van der Waals surface area contributed by atoms with Crippen LogP contribution in [0.25, 0.3) is 11.1 Å². The normalized spacial score (nSPS) is 20.4. The molecule has 2 aromatic heterocycles. The number of aliphatic hydroxyl groups is 1. The fourth-order valence-electron chi connectivity index (χ4n) is 4.29. The van der Waals surface area contributed by atoms with E-state index < -0.39 is 5.60 Å². The topological polar surface area (TPSA) is 107 Å². The third kappa shape index (κ3) is 5.75. The molecular formula is C25H30ClN3O6. The molecule has 0 spiro atoms. The maximum Gasteiger partial charge on any atom is 0.254 e. The van der Waals surface area contributed by atoms with E-state index >= 15 is 0 Å². The van der Waals surface area contributed by atoms with Gasteiger partial charge in [0.25, 0.3) is 5.91 Å². The van der Waals surface area contributed by atoms with Gasteiger partial charge in [0.15, 0.2) is 17.2 Å². The molecule has 35 heavy (non-hydrogen) atoms. The first kappa shape index (κ1) is 25.4. The minimum atomic E-state index is -0.641. The van der Waals surface area contributed by atoms with E-state index in [1.165, 1.54) is 7.11 Å². The van der Waals surface area contributed by atoms with Gasteiger partial charge in [0.2, 0.25) is 0 Å². The van der Waals surface area contributed by atoms with Crippen molar-refractivity contribution in [3.05, 3.63) is 52.6 Å². The summed E-state index contributed by atoms with van der Waals surface area (Å²) in [6, 6.07) is 6.67. The number of carbonyl (C=O) groups excluding carboxylic acids is 1. The first-order valence-corrected chi connectivity index (χ1v) is 11.9. The largest absolute Gasteiger partial charge is 0.493 e. The van der Waals surface area contributed by atoms with Crippen molar-refractivity contribution in [3.8, 4) is 5.75 Å². The van der Waals surface area contributed by atoms with Crippen molar-refractivity contribution in [1.29, 1.82) is 0 Å². The number of aromatic nitrogens is 2. The second-order valence-corrected chi connectivity index (χ2v) is 9.31. The van der Waals surface area contributed by atoms with Crippen molar-refractivity contribution in [3.63, 3.8) is 0 Å². The number of halogens is 1. The van der Waals surface area contributed by atoms with Crippen molar-refractivity contribution < 1.29 is 28.5 Å². The monoisotopic (exact) mass is 503 g/mol. The van der Waals surface area contributed by atoms with E-state index in [2.05, 4.69) is 9.97 Å². The summed E-state index contributed by atoms with van der Waals surface area (Å²) in [6.07, 6.45) is 3.22. The van der Waals surface area contributed by atoms with Crippen LogP contribution in [0.3, 0.4) is 0 Å². The Morgan fingerprint density at radius 3 is 2.86 bits per heavy atom. The second kappa shape index (κ2) is 10.9. The standard InChI is InChI=1S/C25H30ClN3O6/c1-25(7-9-30)15-29(19(13-32-2)14-34-25)24(31)16-10-20-23(21(11-16)33-3)35-22(28-20)5-4-18-12-17(26)6-8-27-18/h6,8,10-12,19,30H,4-5,7,9,13-15H2,1-3H3. The van der Waals surface area contributed by atoms with E-state index in [9.17, 15) is 9.90 Å². The number of ether oxygens (including phenoxy) is 3.